The average Bonchev–Trinajstić information content (AvgIpc) is 2.60. The average molecular weight is 396 g/mol. The third-order valence-corrected chi connectivity index (χ3v) is 4.30. The summed E-state index contributed by atoms with van der Waals surface area (Å²) >= 11 is 12.1. The van der Waals surface area contributed by atoms with E-state index in [-0.39, 0.29) is 15.8 Å². The van der Waals surface area contributed by atoms with Gasteiger partial charge in [-0.05, 0) is 36.4 Å². The first kappa shape index (κ1) is 18.2. The normalized spacial score (nSPS) is 19.3. The Morgan fingerprint density at radius 2 is 1.88 bits per heavy atom. The summed E-state index contributed by atoms with van der Waals surface area (Å²) in [6, 6.07) is 6.55. The number of anilines is 1. The van der Waals surface area contributed by atoms with E-state index in [0.29, 0.717) is 5.75 Å². The lowest BCUT2D eigenvalue weighted by molar-refractivity contribution is -0.120. The Labute approximate surface area is 157 Å². The molecule has 2 N–H and O–H groups in total. The van der Waals surface area contributed by atoms with E-state index < -0.39 is 29.3 Å². The fourth-order valence-corrected chi connectivity index (χ4v) is 2.72. The highest BCUT2D eigenvalue weighted by atomic mass is 35.5. The van der Waals surface area contributed by atoms with Crippen molar-refractivity contribution in [2.45, 2.75) is 6.10 Å². The van der Waals surface area contributed by atoms with E-state index in [4.69, 9.17) is 27.9 Å². The van der Waals surface area contributed by atoms with Gasteiger partial charge >= 0.3 is 0 Å². The third kappa shape index (κ3) is 4.30. The van der Waals surface area contributed by atoms with E-state index in [1.807, 2.05) is 0 Å². The van der Waals surface area contributed by atoms with Crippen molar-refractivity contribution in [3.8, 4) is 5.75 Å². The number of aromatic nitrogens is 2. The van der Waals surface area contributed by atoms with Crippen LogP contribution in [0.2, 0.25) is 0 Å². The van der Waals surface area contributed by atoms with Crippen molar-refractivity contribution < 1.29 is 13.9 Å². The molecule has 6 nitrogen and oxygen atoms in total. The maximum Gasteiger partial charge on any atom is 0.266 e. The molecular formula is C17H12Cl2FN3O3. The van der Waals surface area contributed by atoms with Crippen LogP contribution in [0.3, 0.4) is 0 Å². The van der Waals surface area contributed by atoms with Gasteiger partial charge in [0.25, 0.3) is 5.56 Å². The summed E-state index contributed by atoms with van der Waals surface area (Å²) in [6.45, 7) is 0. The number of H-pyrrole nitrogens is 1. The highest BCUT2D eigenvalue weighted by Crippen LogP contribution is 2.31. The molecule has 1 aliphatic rings. The largest absolute Gasteiger partial charge is 0.485 e. The van der Waals surface area contributed by atoms with Crippen LogP contribution in [0.15, 0.2) is 63.5 Å². The van der Waals surface area contributed by atoms with Crippen molar-refractivity contribution in [3.05, 3.63) is 74.9 Å². The van der Waals surface area contributed by atoms with Crippen LogP contribution in [-0.4, -0.2) is 22.2 Å². The minimum absolute atomic E-state index is 0.204. The van der Waals surface area contributed by atoms with Crippen LogP contribution in [0.5, 0.6) is 5.75 Å². The Bertz CT molecular complexity index is 941. The summed E-state index contributed by atoms with van der Waals surface area (Å²) in [5, 5.41) is 8.84. The van der Waals surface area contributed by atoms with E-state index in [0.717, 1.165) is 0 Å². The Balaban J connectivity index is 1.82. The molecule has 1 heterocycles. The number of ether oxygens (including phenoxy) is 1. The standard InChI is InChI=1S/C17H12Cl2FN3O3/c18-13-6-12(17(25)22-10-5-16(24)23-21-8-10)15(7-14(13)19)26-11-3-1-9(20)2-4-11/h1-8,12,15H,(H2,22,23,24,25). The van der Waals surface area contributed by atoms with Crippen molar-refractivity contribution in [1.82, 2.24) is 10.2 Å². The van der Waals surface area contributed by atoms with Gasteiger partial charge in [0, 0.05) is 6.07 Å². The van der Waals surface area contributed by atoms with Crippen molar-refractivity contribution in [1.29, 1.82) is 0 Å². The number of nitrogens with one attached hydrogen (secondary N) is 2. The van der Waals surface area contributed by atoms with Crippen LogP contribution in [0, 0.1) is 11.7 Å². The number of nitrogens with zero attached hydrogens (tertiary/aromatic N) is 1. The molecule has 0 aliphatic heterocycles. The highest BCUT2D eigenvalue weighted by Gasteiger charge is 2.31. The highest BCUT2D eigenvalue weighted by molar-refractivity contribution is 6.44. The number of amides is 1. The number of rotatable bonds is 4. The van der Waals surface area contributed by atoms with Gasteiger partial charge in [-0.1, -0.05) is 23.2 Å². The number of hydrogen-bond acceptors (Lipinski definition) is 4. The number of benzene rings is 1. The first-order valence-electron chi connectivity index (χ1n) is 7.45. The van der Waals surface area contributed by atoms with Crippen LogP contribution in [0.4, 0.5) is 10.1 Å². The molecule has 26 heavy (non-hydrogen) atoms. The maximum absolute atomic E-state index is 13.0. The monoisotopic (exact) mass is 395 g/mol. The second-order valence-electron chi connectivity index (χ2n) is 5.41. The second kappa shape index (κ2) is 7.72. The molecule has 0 bridgehead atoms. The lowest BCUT2D eigenvalue weighted by Crippen LogP contribution is -2.36. The number of carbonyl (C=O) groups excluding carboxylic acids is 1. The van der Waals surface area contributed by atoms with Gasteiger partial charge in [-0.15, -0.1) is 0 Å². The molecule has 2 aromatic rings. The summed E-state index contributed by atoms with van der Waals surface area (Å²) in [7, 11) is 0. The van der Waals surface area contributed by atoms with E-state index in [2.05, 4.69) is 15.5 Å². The van der Waals surface area contributed by atoms with Gasteiger partial charge in [-0.25, -0.2) is 9.49 Å². The van der Waals surface area contributed by atoms with Crippen LogP contribution >= 0.6 is 23.2 Å². The van der Waals surface area contributed by atoms with Gasteiger partial charge in [0.15, 0.2) is 0 Å². The molecule has 2 unspecified atom stereocenters. The van der Waals surface area contributed by atoms with Gasteiger partial charge in [0.2, 0.25) is 5.91 Å². The van der Waals surface area contributed by atoms with E-state index in [9.17, 15) is 14.0 Å². The van der Waals surface area contributed by atoms with Crippen LogP contribution in [0.25, 0.3) is 0 Å². The first-order chi connectivity index (χ1) is 12.4. The minimum Gasteiger partial charge on any atom is -0.485 e. The molecule has 0 radical (unpaired) electrons. The fraction of sp³-hybridized carbons (Fsp3) is 0.118. The smallest absolute Gasteiger partial charge is 0.266 e. The van der Waals surface area contributed by atoms with Crippen LogP contribution in [-0.2, 0) is 4.79 Å². The molecule has 0 fully saturated rings. The SMILES string of the molecule is O=C(Nc1cn[nH]c(=O)c1)C1C=C(Cl)C(Cl)=CC1Oc1ccc(F)cc1. The summed E-state index contributed by atoms with van der Waals surface area (Å²) in [5.41, 5.74) is -0.230. The Kier molecular flexibility index (Phi) is 5.39. The topological polar surface area (TPSA) is 84.1 Å². The fourth-order valence-electron chi connectivity index (χ4n) is 2.33. The van der Waals surface area contributed by atoms with Gasteiger partial charge < -0.3 is 10.1 Å². The number of carbonyl (C=O) groups is 1. The zero-order valence-corrected chi connectivity index (χ0v) is 14.6. The number of halogens is 3. The molecule has 1 aromatic carbocycles. The lowest BCUT2D eigenvalue weighted by Gasteiger charge is -2.26. The van der Waals surface area contributed by atoms with E-state index >= 15 is 0 Å². The quantitative estimate of drug-likeness (QED) is 0.832. The van der Waals surface area contributed by atoms with Gasteiger partial charge in [-0.3, -0.25) is 9.59 Å². The second-order valence-corrected chi connectivity index (χ2v) is 6.23. The first-order valence-corrected chi connectivity index (χ1v) is 8.21. The maximum atomic E-state index is 13.0. The molecule has 3 rings (SSSR count). The summed E-state index contributed by atoms with van der Waals surface area (Å²) in [6.07, 6.45) is 3.47. The molecule has 0 saturated heterocycles. The minimum atomic E-state index is -0.825. The third-order valence-electron chi connectivity index (χ3n) is 3.54. The Morgan fingerprint density at radius 3 is 2.58 bits per heavy atom. The van der Waals surface area contributed by atoms with Crippen molar-refractivity contribution in [3.63, 3.8) is 0 Å². The molecule has 1 aromatic heterocycles. The Morgan fingerprint density at radius 1 is 1.19 bits per heavy atom. The molecule has 134 valence electrons. The van der Waals surface area contributed by atoms with Crippen molar-refractivity contribution in [2.75, 3.05) is 5.32 Å². The molecule has 1 aliphatic carbocycles. The molecule has 1 amide bonds. The molecule has 0 spiro atoms. The zero-order valence-electron chi connectivity index (χ0n) is 13.1. The number of allylic oxidation sites excluding steroid dienone is 2. The lowest BCUT2D eigenvalue weighted by atomic mass is 9.96. The molecule has 2 atom stereocenters. The van der Waals surface area contributed by atoms with E-state index in [1.165, 1.54) is 48.7 Å². The van der Waals surface area contributed by atoms with Crippen molar-refractivity contribution >= 4 is 34.8 Å². The molecule has 0 saturated carbocycles. The Hall–Kier alpha value is -2.64. The molecule has 9 heteroatoms. The van der Waals surface area contributed by atoms with Gasteiger partial charge in [-0.2, -0.15) is 5.10 Å². The predicted octanol–water partition coefficient (Wildman–Crippen LogP) is 3.17. The van der Waals surface area contributed by atoms with Gasteiger partial charge in [0.05, 0.1) is 27.9 Å². The molecular weight excluding hydrogens is 384 g/mol. The number of hydrogen-bond donors (Lipinski definition) is 2. The van der Waals surface area contributed by atoms with Gasteiger partial charge in [0.1, 0.15) is 17.7 Å². The van der Waals surface area contributed by atoms with Crippen LogP contribution < -0.4 is 15.6 Å². The number of aromatic amines is 1. The van der Waals surface area contributed by atoms with Crippen LogP contribution in [0.1, 0.15) is 0 Å². The predicted molar refractivity (Wildman–Crippen MR) is 95.7 cm³/mol. The zero-order chi connectivity index (χ0) is 18.7. The summed E-state index contributed by atoms with van der Waals surface area (Å²) in [5.74, 6) is -1.34. The van der Waals surface area contributed by atoms with E-state index in [1.54, 1.807) is 0 Å². The summed E-state index contributed by atoms with van der Waals surface area (Å²) in [4.78, 5) is 23.9. The van der Waals surface area contributed by atoms with Crippen molar-refractivity contribution in [2.24, 2.45) is 5.92 Å². The summed E-state index contributed by atoms with van der Waals surface area (Å²) < 4.78 is 18.8.